The van der Waals surface area contributed by atoms with Gasteiger partial charge in [0.2, 0.25) is 10.0 Å². The van der Waals surface area contributed by atoms with Crippen LogP contribution < -0.4 is 4.72 Å². The van der Waals surface area contributed by atoms with Gasteiger partial charge in [0, 0.05) is 18.3 Å². The Labute approximate surface area is 114 Å². The highest BCUT2D eigenvalue weighted by Gasteiger charge is 2.27. The standard InChI is InChI=1S/C10H13N5O4S/c1-6-9(4-13-14-6)20(18,19)15-8(10(16)17)2-7-3-11-5-12-7/h3-5,8,15H,2H2,1H3,(H,11,12)(H,13,14)(H,16,17)/t8-/m1/s1. The summed E-state index contributed by atoms with van der Waals surface area (Å²) in [4.78, 5) is 17.6. The van der Waals surface area contributed by atoms with Crippen LogP contribution in [0, 0.1) is 6.92 Å². The summed E-state index contributed by atoms with van der Waals surface area (Å²) in [5.41, 5.74) is 0.854. The fraction of sp³-hybridized carbons (Fsp3) is 0.300. The van der Waals surface area contributed by atoms with Crippen LogP contribution in [0.15, 0.2) is 23.6 Å². The number of hydrogen-bond donors (Lipinski definition) is 4. The van der Waals surface area contributed by atoms with Crippen molar-refractivity contribution < 1.29 is 18.3 Å². The molecule has 0 aromatic carbocycles. The lowest BCUT2D eigenvalue weighted by molar-refractivity contribution is -0.138. The second-order valence-electron chi connectivity index (χ2n) is 4.15. The van der Waals surface area contributed by atoms with E-state index in [-0.39, 0.29) is 11.3 Å². The van der Waals surface area contributed by atoms with Gasteiger partial charge in [0.15, 0.2) is 0 Å². The topological polar surface area (TPSA) is 141 Å². The number of H-pyrrole nitrogens is 2. The Kier molecular flexibility index (Phi) is 3.86. The van der Waals surface area contributed by atoms with Crippen molar-refractivity contribution in [3.8, 4) is 0 Å². The van der Waals surface area contributed by atoms with E-state index < -0.39 is 22.0 Å². The largest absolute Gasteiger partial charge is 0.480 e. The van der Waals surface area contributed by atoms with Crippen molar-refractivity contribution in [3.05, 3.63) is 30.1 Å². The molecule has 2 aromatic rings. The molecule has 108 valence electrons. The van der Waals surface area contributed by atoms with Crippen LogP contribution in [0.5, 0.6) is 0 Å². The van der Waals surface area contributed by atoms with Crippen molar-refractivity contribution in [2.75, 3.05) is 0 Å². The molecule has 1 atom stereocenters. The number of nitrogens with one attached hydrogen (secondary N) is 3. The van der Waals surface area contributed by atoms with E-state index in [0.29, 0.717) is 11.4 Å². The molecule has 0 spiro atoms. The van der Waals surface area contributed by atoms with Gasteiger partial charge >= 0.3 is 5.97 Å². The van der Waals surface area contributed by atoms with Crippen LogP contribution in [0.3, 0.4) is 0 Å². The average Bonchev–Trinajstić information content (AvgIpc) is 2.99. The molecule has 0 aliphatic heterocycles. The number of nitrogens with zero attached hydrogens (tertiary/aromatic N) is 2. The summed E-state index contributed by atoms with van der Waals surface area (Å²) in [6, 6.07) is -1.30. The molecular weight excluding hydrogens is 286 g/mol. The quantitative estimate of drug-likeness (QED) is 0.562. The van der Waals surface area contributed by atoms with Crippen LogP contribution in [-0.2, 0) is 21.2 Å². The molecule has 2 aromatic heterocycles. The SMILES string of the molecule is Cc1[nH]ncc1S(=O)(=O)N[C@H](Cc1cnc[nH]1)C(=O)O. The van der Waals surface area contributed by atoms with Crippen LogP contribution in [0.4, 0.5) is 0 Å². The molecule has 0 saturated carbocycles. The smallest absolute Gasteiger partial charge is 0.322 e. The molecule has 0 unspecified atom stereocenters. The third kappa shape index (κ3) is 3.03. The van der Waals surface area contributed by atoms with E-state index >= 15 is 0 Å². The number of carbonyl (C=O) groups is 1. The van der Waals surface area contributed by atoms with E-state index in [4.69, 9.17) is 5.11 Å². The minimum atomic E-state index is -3.95. The van der Waals surface area contributed by atoms with E-state index in [1.807, 2.05) is 0 Å². The first-order valence-corrected chi connectivity index (χ1v) is 7.11. The molecule has 0 radical (unpaired) electrons. The first-order chi connectivity index (χ1) is 9.40. The Bertz CT molecular complexity index is 691. The highest BCUT2D eigenvalue weighted by atomic mass is 32.2. The van der Waals surface area contributed by atoms with Gasteiger partial charge in [-0.25, -0.2) is 13.4 Å². The molecule has 0 aliphatic carbocycles. The zero-order chi connectivity index (χ0) is 14.8. The lowest BCUT2D eigenvalue weighted by atomic mass is 10.2. The van der Waals surface area contributed by atoms with Gasteiger partial charge in [-0.05, 0) is 6.92 Å². The van der Waals surface area contributed by atoms with Crippen LogP contribution in [-0.4, -0.2) is 45.7 Å². The normalized spacial score (nSPS) is 13.2. The molecule has 0 fully saturated rings. The highest BCUT2D eigenvalue weighted by molar-refractivity contribution is 7.89. The Morgan fingerprint density at radius 2 is 2.25 bits per heavy atom. The van der Waals surface area contributed by atoms with Gasteiger partial charge in [0.1, 0.15) is 10.9 Å². The Balaban J connectivity index is 2.20. The fourth-order valence-corrected chi connectivity index (χ4v) is 2.98. The first kappa shape index (κ1) is 14.2. The number of sulfonamides is 1. The number of aryl methyl sites for hydroxylation is 1. The predicted octanol–water partition coefficient (Wildman–Crippen LogP) is -0.585. The second-order valence-corrected chi connectivity index (χ2v) is 5.83. The average molecular weight is 299 g/mol. The van der Waals surface area contributed by atoms with E-state index in [9.17, 15) is 13.2 Å². The van der Waals surface area contributed by atoms with Crippen LogP contribution in [0.1, 0.15) is 11.4 Å². The second kappa shape index (κ2) is 5.43. The molecular formula is C10H13N5O4S. The lowest BCUT2D eigenvalue weighted by Gasteiger charge is -2.13. The third-order valence-electron chi connectivity index (χ3n) is 2.65. The molecule has 20 heavy (non-hydrogen) atoms. The molecule has 0 amide bonds. The van der Waals surface area contributed by atoms with Gasteiger partial charge in [0.05, 0.1) is 18.2 Å². The van der Waals surface area contributed by atoms with E-state index in [2.05, 4.69) is 24.9 Å². The monoisotopic (exact) mass is 299 g/mol. The Hall–Kier alpha value is -2.20. The zero-order valence-corrected chi connectivity index (χ0v) is 11.3. The maximum absolute atomic E-state index is 12.1. The third-order valence-corrected chi connectivity index (χ3v) is 4.23. The fourth-order valence-electron chi connectivity index (χ4n) is 1.66. The Morgan fingerprint density at radius 1 is 1.50 bits per heavy atom. The summed E-state index contributed by atoms with van der Waals surface area (Å²) in [6.45, 7) is 1.53. The van der Waals surface area contributed by atoms with Crippen molar-refractivity contribution in [1.29, 1.82) is 0 Å². The highest BCUT2D eigenvalue weighted by Crippen LogP contribution is 2.12. The molecule has 0 saturated heterocycles. The molecule has 0 bridgehead atoms. The zero-order valence-electron chi connectivity index (χ0n) is 10.5. The Morgan fingerprint density at radius 3 is 2.75 bits per heavy atom. The van der Waals surface area contributed by atoms with Crippen LogP contribution in [0.25, 0.3) is 0 Å². The number of aromatic amines is 2. The van der Waals surface area contributed by atoms with E-state index in [1.54, 1.807) is 0 Å². The lowest BCUT2D eigenvalue weighted by Crippen LogP contribution is -2.42. The minimum absolute atomic E-state index is 0.0362. The number of carboxylic acid groups (broad SMARTS) is 1. The van der Waals surface area contributed by atoms with Crippen molar-refractivity contribution in [2.45, 2.75) is 24.3 Å². The summed E-state index contributed by atoms with van der Waals surface area (Å²) in [7, 11) is -3.95. The van der Waals surface area contributed by atoms with Crippen molar-refractivity contribution in [1.82, 2.24) is 24.9 Å². The van der Waals surface area contributed by atoms with Gasteiger partial charge in [-0.2, -0.15) is 9.82 Å². The van der Waals surface area contributed by atoms with Gasteiger partial charge in [-0.15, -0.1) is 0 Å². The van der Waals surface area contributed by atoms with Crippen molar-refractivity contribution in [3.63, 3.8) is 0 Å². The molecule has 0 aliphatic rings. The predicted molar refractivity (Wildman–Crippen MR) is 67.4 cm³/mol. The maximum atomic E-state index is 12.1. The van der Waals surface area contributed by atoms with Crippen molar-refractivity contribution in [2.24, 2.45) is 0 Å². The van der Waals surface area contributed by atoms with E-state index in [0.717, 1.165) is 6.20 Å². The molecule has 9 nitrogen and oxygen atoms in total. The number of carboxylic acids is 1. The van der Waals surface area contributed by atoms with Gasteiger partial charge in [-0.1, -0.05) is 0 Å². The van der Waals surface area contributed by atoms with Crippen LogP contribution in [0.2, 0.25) is 0 Å². The molecule has 4 N–H and O–H groups in total. The summed E-state index contributed by atoms with van der Waals surface area (Å²) in [6.07, 6.45) is 3.93. The number of aromatic nitrogens is 4. The maximum Gasteiger partial charge on any atom is 0.322 e. The summed E-state index contributed by atoms with van der Waals surface area (Å²) in [5.74, 6) is -1.27. The first-order valence-electron chi connectivity index (χ1n) is 5.62. The number of aliphatic carboxylic acids is 1. The van der Waals surface area contributed by atoms with Gasteiger partial charge in [-0.3, -0.25) is 9.89 Å². The van der Waals surface area contributed by atoms with Crippen molar-refractivity contribution >= 4 is 16.0 Å². The summed E-state index contributed by atoms with van der Waals surface area (Å²) < 4.78 is 26.3. The molecule has 10 heteroatoms. The number of rotatable bonds is 6. The number of hydrogen-bond acceptors (Lipinski definition) is 5. The summed E-state index contributed by atoms with van der Waals surface area (Å²) in [5, 5.41) is 15.2. The number of imidazole rings is 1. The minimum Gasteiger partial charge on any atom is -0.480 e. The molecule has 2 rings (SSSR count). The van der Waals surface area contributed by atoms with Gasteiger partial charge in [0.25, 0.3) is 0 Å². The molecule has 2 heterocycles. The summed E-state index contributed by atoms with van der Waals surface area (Å²) >= 11 is 0. The van der Waals surface area contributed by atoms with E-state index in [1.165, 1.54) is 19.4 Å². The van der Waals surface area contributed by atoms with Crippen LogP contribution >= 0.6 is 0 Å². The van der Waals surface area contributed by atoms with Gasteiger partial charge < -0.3 is 10.1 Å².